The topological polar surface area (TPSA) is 72.5 Å². The molecule has 0 heterocycles. The van der Waals surface area contributed by atoms with E-state index in [-0.39, 0.29) is 28.2 Å². The Morgan fingerprint density at radius 3 is 2.39 bits per heavy atom. The van der Waals surface area contributed by atoms with E-state index in [0.717, 1.165) is 6.26 Å². The third-order valence-corrected chi connectivity index (χ3v) is 5.58. The van der Waals surface area contributed by atoms with Crippen LogP contribution in [0.5, 0.6) is 5.75 Å². The highest BCUT2D eigenvalue weighted by Gasteiger charge is 2.28. The molecular formula is C21H26FNO4S. The number of amides is 1. The van der Waals surface area contributed by atoms with Crippen molar-refractivity contribution in [2.24, 2.45) is 5.41 Å². The quantitative estimate of drug-likeness (QED) is 0.791. The van der Waals surface area contributed by atoms with Crippen LogP contribution < -0.4 is 10.1 Å². The van der Waals surface area contributed by atoms with Crippen LogP contribution in [0.15, 0.2) is 47.4 Å². The van der Waals surface area contributed by atoms with E-state index in [1.54, 1.807) is 25.1 Å². The molecule has 0 aliphatic rings. The lowest BCUT2D eigenvalue weighted by Crippen LogP contribution is -2.47. The number of hydrogen-bond acceptors (Lipinski definition) is 4. The van der Waals surface area contributed by atoms with Crippen molar-refractivity contribution in [1.29, 1.82) is 0 Å². The molecule has 7 heteroatoms. The summed E-state index contributed by atoms with van der Waals surface area (Å²) in [5.41, 5.74) is 0.569. The van der Waals surface area contributed by atoms with Crippen molar-refractivity contribution in [3.05, 3.63) is 59.4 Å². The molecule has 5 nitrogen and oxygen atoms in total. The summed E-state index contributed by atoms with van der Waals surface area (Å²) in [4.78, 5) is 12.9. The number of ether oxygens (including phenoxy) is 1. The average Bonchev–Trinajstić information content (AvgIpc) is 2.58. The number of carbonyl (C=O) groups excluding carboxylic acids is 1. The first-order chi connectivity index (χ1) is 12.9. The minimum Gasteiger partial charge on any atom is -0.488 e. The fourth-order valence-corrected chi connectivity index (χ4v) is 3.20. The van der Waals surface area contributed by atoms with Crippen molar-refractivity contribution in [2.75, 3.05) is 12.9 Å². The summed E-state index contributed by atoms with van der Waals surface area (Å²) < 4.78 is 43.0. The van der Waals surface area contributed by atoms with Gasteiger partial charge in [-0.15, -0.1) is 0 Å². The van der Waals surface area contributed by atoms with Crippen LogP contribution in [-0.2, 0) is 9.84 Å². The molecule has 0 spiro atoms. The number of benzene rings is 2. The molecule has 2 aromatic carbocycles. The zero-order valence-corrected chi connectivity index (χ0v) is 17.6. The molecule has 2 aromatic rings. The van der Waals surface area contributed by atoms with Crippen LogP contribution in [0.2, 0.25) is 0 Å². The number of carbonyl (C=O) groups is 1. The van der Waals surface area contributed by atoms with Crippen LogP contribution in [0.3, 0.4) is 0 Å². The molecule has 0 aliphatic carbocycles. The molecular weight excluding hydrogens is 381 g/mol. The van der Waals surface area contributed by atoms with Gasteiger partial charge in [0.05, 0.1) is 10.9 Å². The lowest BCUT2D eigenvalue weighted by atomic mass is 9.87. The minimum atomic E-state index is -3.43. The number of aryl methyl sites for hydroxylation is 1. The second kappa shape index (κ2) is 8.31. The smallest absolute Gasteiger partial charge is 0.251 e. The number of hydrogen-bond donors (Lipinski definition) is 1. The molecule has 0 aromatic heterocycles. The summed E-state index contributed by atoms with van der Waals surface area (Å²) in [6.07, 6.45) is 1.10. The molecule has 1 N–H and O–H groups in total. The van der Waals surface area contributed by atoms with E-state index in [1.807, 2.05) is 20.8 Å². The molecule has 2 rings (SSSR count). The molecule has 1 unspecified atom stereocenters. The largest absolute Gasteiger partial charge is 0.488 e. The molecule has 0 radical (unpaired) electrons. The van der Waals surface area contributed by atoms with Crippen LogP contribution in [0.4, 0.5) is 4.39 Å². The Kier molecular flexibility index (Phi) is 6.49. The lowest BCUT2D eigenvalue weighted by molar-refractivity contribution is 0.0859. The van der Waals surface area contributed by atoms with E-state index in [1.165, 1.54) is 24.3 Å². The number of sulfone groups is 1. The Morgan fingerprint density at radius 1 is 1.18 bits per heavy atom. The van der Waals surface area contributed by atoms with E-state index < -0.39 is 27.6 Å². The summed E-state index contributed by atoms with van der Waals surface area (Å²) in [5, 5.41) is 2.90. The summed E-state index contributed by atoms with van der Waals surface area (Å²) >= 11 is 0. The average molecular weight is 408 g/mol. The normalized spacial score (nSPS) is 13.1. The zero-order valence-electron chi connectivity index (χ0n) is 16.7. The van der Waals surface area contributed by atoms with Crippen LogP contribution in [0, 0.1) is 18.2 Å². The number of para-hydroxylation sites is 1. The van der Waals surface area contributed by atoms with Gasteiger partial charge in [0.2, 0.25) is 0 Å². The van der Waals surface area contributed by atoms with Crippen molar-refractivity contribution in [3.63, 3.8) is 0 Å². The van der Waals surface area contributed by atoms with Gasteiger partial charge < -0.3 is 10.1 Å². The first-order valence-electron chi connectivity index (χ1n) is 8.88. The molecule has 0 bridgehead atoms. The maximum atomic E-state index is 13.8. The zero-order chi connectivity index (χ0) is 21.1. The first-order valence-corrected chi connectivity index (χ1v) is 10.8. The van der Waals surface area contributed by atoms with E-state index >= 15 is 0 Å². The van der Waals surface area contributed by atoms with E-state index in [0.29, 0.717) is 5.56 Å². The Hall–Kier alpha value is -2.41. The van der Waals surface area contributed by atoms with Crippen molar-refractivity contribution in [2.45, 2.75) is 38.6 Å². The van der Waals surface area contributed by atoms with Crippen LogP contribution in [0.1, 0.15) is 36.7 Å². The van der Waals surface area contributed by atoms with Gasteiger partial charge in [-0.1, -0.05) is 39.0 Å². The van der Waals surface area contributed by atoms with E-state index in [2.05, 4.69) is 5.32 Å². The summed E-state index contributed by atoms with van der Waals surface area (Å²) in [5.74, 6) is -0.764. The van der Waals surface area contributed by atoms with Crippen molar-refractivity contribution in [3.8, 4) is 5.75 Å². The maximum Gasteiger partial charge on any atom is 0.251 e. The van der Waals surface area contributed by atoms with Crippen LogP contribution in [-0.4, -0.2) is 33.2 Å². The van der Waals surface area contributed by atoms with Gasteiger partial charge in [0, 0.05) is 11.8 Å². The highest BCUT2D eigenvalue weighted by atomic mass is 32.2. The predicted octanol–water partition coefficient (Wildman–Crippen LogP) is 3.76. The molecule has 152 valence electrons. The van der Waals surface area contributed by atoms with Crippen molar-refractivity contribution in [1.82, 2.24) is 5.32 Å². The first kappa shape index (κ1) is 21.9. The highest BCUT2D eigenvalue weighted by molar-refractivity contribution is 7.90. The fraction of sp³-hybridized carbons (Fsp3) is 0.381. The van der Waals surface area contributed by atoms with Crippen molar-refractivity contribution < 1.29 is 22.3 Å². The Bertz CT molecular complexity index is 965. The number of halogens is 1. The van der Waals surface area contributed by atoms with E-state index in [4.69, 9.17) is 4.74 Å². The van der Waals surface area contributed by atoms with E-state index in [9.17, 15) is 17.6 Å². The third-order valence-electron chi connectivity index (χ3n) is 4.47. The summed E-state index contributed by atoms with van der Waals surface area (Å²) in [7, 11) is -3.43. The molecule has 0 fully saturated rings. The molecule has 0 saturated heterocycles. The summed E-state index contributed by atoms with van der Waals surface area (Å²) in [6, 6.07) is 10.1. The van der Waals surface area contributed by atoms with Gasteiger partial charge in [0.1, 0.15) is 6.61 Å². The molecule has 1 atom stereocenters. The van der Waals surface area contributed by atoms with Gasteiger partial charge in [0.25, 0.3) is 5.91 Å². The second-order valence-electron chi connectivity index (χ2n) is 7.88. The Morgan fingerprint density at radius 2 is 1.82 bits per heavy atom. The van der Waals surface area contributed by atoms with Crippen LogP contribution >= 0.6 is 0 Å². The Labute approximate surface area is 165 Å². The molecule has 0 saturated carbocycles. The van der Waals surface area contributed by atoms with Gasteiger partial charge in [-0.05, 0) is 42.2 Å². The lowest BCUT2D eigenvalue weighted by Gasteiger charge is -2.31. The molecule has 28 heavy (non-hydrogen) atoms. The Balaban J connectivity index is 2.23. The molecule has 0 aliphatic heterocycles. The second-order valence-corrected chi connectivity index (χ2v) is 9.90. The van der Waals surface area contributed by atoms with Gasteiger partial charge in [-0.3, -0.25) is 4.79 Å². The standard InChI is InChI=1S/C21H26FNO4S/c1-14-10-11-15(28(5,25)26)12-16(14)20(24)23-19(21(2,3)4)13-27-18-9-7-6-8-17(18)22/h6-12,19H,13H2,1-5H3,(H,23,24). The fourth-order valence-electron chi connectivity index (χ4n) is 2.56. The summed E-state index contributed by atoms with van der Waals surface area (Å²) in [6.45, 7) is 7.61. The predicted molar refractivity (Wildman–Crippen MR) is 107 cm³/mol. The maximum absolute atomic E-state index is 13.8. The SMILES string of the molecule is Cc1ccc(S(C)(=O)=O)cc1C(=O)NC(COc1ccccc1F)C(C)(C)C. The van der Waals surface area contributed by atoms with Crippen LogP contribution in [0.25, 0.3) is 0 Å². The van der Waals surface area contributed by atoms with Gasteiger partial charge >= 0.3 is 0 Å². The van der Waals surface area contributed by atoms with Gasteiger partial charge in [0.15, 0.2) is 21.4 Å². The molecule has 1 amide bonds. The van der Waals surface area contributed by atoms with Crippen molar-refractivity contribution >= 4 is 15.7 Å². The minimum absolute atomic E-state index is 0.0704. The van der Waals surface area contributed by atoms with Gasteiger partial charge in [-0.2, -0.15) is 0 Å². The highest BCUT2D eigenvalue weighted by Crippen LogP contribution is 2.23. The number of rotatable bonds is 6. The third kappa shape index (κ3) is 5.55. The van der Waals surface area contributed by atoms with Gasteiger partial charge in [-0.25, -0.2) is 12.8 Å². The monoisotopic (exact) mass is 407 g/mol. The number of nitrogens with one attached hydrogen (secondary N) is 1.